The quantitative estimate of drug-likeness (QED) is 0.281. The fourth-order valence-corrected chi connectivity index (χ4v) is 2.94. The van der Waals surface area contributed by atoms with E-state index in [1.54, 1.807) is 0 Å². The van der Waals surface area contributed by atoms with Crippen LogP contribution < -0.4 is 0 Å². The van der Waals surface area contributed by atoms with E-state index in [1.165, 1.54) is 25.7 Å². The van der Waals surface area contributed by atoms with Gasteiger partial charge < -0.3 is 25.2 Å². The van der Waals surface area contributed by atoms with E-state index >= 15 is 0 Å². The molecule has 5 heteroatoms. The van der Waals surface area contributed by atoms with Crippen LogP contribution in [0, 0.1) is 0 Å². The molecule has 2 atom stereocenters. The predicted molar refractivity (Wildman–Crippen MR) is 102 cm³/mol. The molecule has 0 aromatic rings. The summed E-state index contributed by atoms with van der Waals surface area (Å²) in [5, 5.41) is 39.7. The van der Waals surface area contributed by atoms with Gasteiger partial charge in [0.15, 0.2) is 0 Å². The number of hydrogen-bond acceptors (Lipinski definition) is 5. The van der Waals surface area contributed by atoms with Gasteiger partial charge in [-0.3, -0.25) is 0 Å². The molecule has 152 valence electrons. The van der Waals surface area contributed by atoms with Gasteiger partial charge >= 0.3 is 0 Å². The normalized spacial score (nSPS) is 16.6. The Hall–Kier alpha value is -0.200. The van der Waals surface area contributed by atoms with E-state index in [4.69, 9.17) is 4.74 Å². The Morgan fingerprint density at radius 1 is 0.600 bits per heavy atom. The minimum Gasteiger partial charge on any atom is -0.393 e. The number of aliphatic hydroxyl groups is 4. The lowest BCUT2D eigenvalue weighted by molar-refractivity contribution is -0.129. The second-order valence-electron chi connectivity index (χ2n) is 7.59. The van der Waals surface area contributed by atoms with Crippen molar-refractivity contribution in [1.82, 2.24) is 0 Å². The van der Waals surface area contributed by atoms with Crippen molar-refractivity contribution in [3.8, 4) is 0 Å². The lowest BCUT2D eigenvalue weighted by atomic mass is 9.96. The van der Waals surface area contributed by atoms with Gasteiger partial charge in [0.2, 0.25) is 0 Å². The minimum absolute atomic E-state index is 0.0184. The number of hydrogen-bond donors (Lipinski definition) is 4. The smallest absolute Gasteiger partial charge is 0.111 e. The molecule has 0 aliphatic rings. The van der Waals surface area contributed by atoms with Gasteiger partial charge in [0, 0.05) is 0 Å². The van der Waals surface area contributed by atoms with E-state index in [2.05, 4.69) is 13.8 Å². The van der Waals surface area contributed by atoms with E-state index < -0.39 is 11.2 Å². The summed E-state index contributed by atoms with van der Waals surface area (Å²) in [5.74, 6) is 0. The Balaban J connectivity index is 4.08. The first-order valence-electron chi connectivity index (χ1n) is 10.2. The predicted octanol–water partition coefficient (Wildman–Crippen LogP) is 3.17. The van der Waals surface area contributed by atoms with Gasteiger partial charge in [-0.1, -0.05) is 78.1 Å². The molecule has 0 radical (unpaired) electrons. The first-order chi connectivity index (χ1) is 11.9. The van der Waals surface area contributed by atoms with Crippen LogP contribution in [0.2, 0.25) is 0 Å². The molecular formula is C20H42O5. The summed E-state index contributed by atoms with van der Waals surface area (Å²) in [7, 11) is 0. The maximum Gasteiger partial charge on any atom is 0.111 e. The molecule has 0 aliphatic heterocycles. The standard InChI is InChI=1S/C20H42O5/c1-3-5-7-9-11-13-19(23,15-21)17-25-18-20(24,16-22)14-12-10-8-6-4-2/h21-24H,3-18H2,1-2H3. The zero-order valence-electron chi connectivity index (χ0n) is 16.5. The van der Waals surface area contributed by atoms with E-state index in [0.717, 1.165) is 38.5 Å². The van der Waals surface area contributed by atoms with Gasteiger partial charge in [-0.15, -0.1) is 0 Å². The highest BCUT2D eigenvalue weighted by Crippen LogP contribution is 2.20. The largest absolute Gasteiger partial charge is 0.393 e. The van der Waals surface area contributed by atoms with Crippen molar-refractivity contribution in [2.75, 3.05) is 26.4 Å². The molecule has 0 rings (SSSR count). The van der Waals surface area contributed by atoms with Gasteiger partial charge in [0.05, 0.1) is 26.4 Å². The van der Waals surface area contributed by atoms with Gasteiger partial charge in [-0.05, 0) is 12.8 Å². The molecule has 0 aromatic heterocycles. The van der Waals surface area contributed by atoms with Crippen LogP contribution in [-0.2, 0) is 4.74 Å². The minimum atomic E-state index is -1.26. The number of ether oxygens (including phenoxy) is 1. The molecule has 2 unspecified atom stereocenters. The molecule has 0 saturated heterocycles. The number of rotatable bonds is 18. The van der Waals surface area contributed by atoms with Crippen molar-refractivity contribution in [3.63, 3.8) is 0 Å². The topological polar surface area (TPSA) is 90.2 Å². The van der Waals surface area contributed by atoms with E-state index in [9.17, 15) is 20.4 Å². The highest BCUT2D eigenvalue weighted by atomic mass is 16.5. The first-order valence-corrected chi connectivity index (χ1v) is 10.2. The fraction of sp³-hybridized carbons (Fsp3) is 1.00. The average molecular weight is 363 g/mol. The summed E-state index contributed by atoms with van der Waals surface area (Å²) in [6.07, 6.45) is 11.8. The Morgan fingerprint density at radius 3 is 1.28 bits per heavy atom. The Labute approximate surface area is 154 Å². The first kappa shape index (κ1) is 24.8. The van der Waals surface area contributed by atoms with Crippen LogP contribution in [-0.4, -0.2) is 58.1 Å². The molecule has 0 fully saturated rings. The molecule has 5 nitrogen and oxygen atoms in total. The Bertz CT molecular complexity index is 272. The van der Waals surface area contributed by atoms with Gasteiger partial charge in [-0.2, -0.15) is 0 Å². The molecule has 0 saturated carbocycles. The lowest BCUT2D eigenvalue weighted by Crippen LogP contribution is -2.43. The fourth-order valence-electron chi connectivity index (χ4n) is 2.94. The van der Waals surface area contributed by atoms with Gasteiger partial charge in [0.25, 0.3) is 0 Å². The molecule has 25 heavy (non-hydrogen) atoms. The van der Waals surface area contributed by atoms with E-state index in [1.807, 2.05) is 0 Å². The highest BCUT2D eigenvalue weighted by molar-refractivity contribution is 4.81. The second kappa shape index (κ2) is 14.9. The van der Waals surface area contributed by atoms with Crippen LogP contribution >= 0.6 is 0 Å². The van der Waals surface area contributed by atoms with Crippen LogP contribution in [0.3, 0.4) is 0 Å². The van der Waals surface area contributed by atoms with Crippen LogP contribution in [0.25, 0.3) is 0 Å². The van der Waals surface area contributed by atoms with Crippen LogP contribution in [0.5, 0.6) is 0 Å². The van der Waals surface area contributed by atoms with Gasteiger partial charge in [-0.25, -0.2) is 0 Å². The molecule has 4 N–H and O–H groups in total. The van der Waals surface area contributed by atoms with Crippen molar-refractivity contribution < 1.29 is 25.2 Å². The lowest BCUT2D eigenvalue weighted by Gasteiger charge is -2.30. The molecule has 0 aliphatic carbocycles. The maximum absolute atomic E-state index is 10.4. The highest BCUT2D eigenvalue weighted by Gasteiger charge is 2.30. The van der Waals surface area contributed by atoms with Crippen molar-refractivity contribution in [1.29, 1.82) is 0 Å². The molecule has 0 bridgehead atoms. The summed E-state index contributed by atoms with van der Waals surface area (Å²) >= 11 is 0. The van der Waals surface area contributed by atoms with Crippen molar-refractivity contribution in [2.45, 2.75) is 102 Å². The van der Waals surface area contributed by atoms with Crippen molar-refractivity contribution in [3.05, 3.63) is 0 Å². The van der Waals surface area contributed by atoms with Crippen LogP contribution in [0.4, 0.5) is 0 Å². The molecular weight excluding hydrogens is 320 g/mol. The molecule has 0 amide bonds. The summed E-state index contributed by atoms with van der Waals surface area (Å²) in [6.45, 7) is 3.57. The molecule has 0 aromatic carbocycles. The number of aliphatic hydroxyl groups excluding tert-OH is 2. The summed E-state index contributed by atoms with van der Waals surface area (Å²) in [6, 6.07) is 0. The number of unbranched alkanes of at least 4 members (excludes halogenated alkanes) is 8. The van der Waals surface area contributed by atoms with Crippen LogP contribution in [0.15, 0.2) is 0 Å². The maximum atomic E-state index is 10.4. The average Bonchev–Trinajstić information content (AvgIpc) is 2.61. The van der Waals surface area contributed by atoms with E-state index in [-0.39, 0.29) is 26.4 Å². The van der Waals surface area contributed by atoms with E-state index in [0.29, 0.717) is 12.8 Å². The summed E-state index contributed by atoms with van der Waals surface area (Å²) in [4.78, 5) is 0. The third kappa shape index (κ3) is 12.7. The third-order valence-corrected chi connectivity index (χ3v) is 4.82. The van der Waals surface area contributed by atoms with Crippen molar-refractivity contribution >= 4 is 0 Å². The zero-order valence-corrected chi connectivity index (χ0v) is 16.5. The van der Waals surface area contributed by atoms with Crippen molar-refractivity contribution in [2.24, 2.45) is 0 Å². The monoisotopic (exact) mass is 362 g/mol. The second-order valence-corrected chi connectivity index (χ2v) is 7.59. The Kier molecular flexibility index (Phi) is 14.8. The van der Waals surface area contributed by atoms with Gasteiger partial charge in [0.1, 0.15) is 11.2 Å². The SMILES string of the molecule is CCCCCCCC(O)(CO)COCC(O)(CO)CCCCCCC. The Morgan fingerprint density at radius 2 is 0.960 bits per heavy atom. The zero-order chi connectivity index (χ0) is 19.0. The molecule has 0 spiro atoms. The van der Waals surface area contributed by atoms with Crippen LogP contribution in [0.1, 0.15) is 90.9 Å². The summed E-state index contributed by atoms with van der Waals surface area (Å²) in [5.41, 5.74) is -2.52. The third-order valence-electron chi connectivity index (χ3n) is 4.82. The molecule has 0 heterocycles. The summed E-state index contributed by atoms with van der Waals surface area (Å²) < 4.78 is 5.48.